The molecule has 0 radical (unpaired) electrons. The van der Waals surface area contributed by atoms with Crippen molar-refractivity contribution in [3.63, 3.8) is 0 Å². The van der Waals surface area contributed by atoms with Gasteiger partial charge in [-0.2, -0.15) is 0 Å². The minimum Gasteiger partial charge on any atom is -0.457 e. The Morgan fingerprint density at radius 1 is 0.977 bits per heavy atom. The number of fused-ring (bicyclic) bond motifs is 7. The standard InChI is InChI=1S/C36H53F2NO4/c1-20(9-7-12-29(41-21(2)40)32-26(37)10-8-11-27(32)38)22-13-14-23-31-24(15-17-35(22,23)5)36(6)18-16-30-33(25(36)19-28(31)39)43-34(3,4)42-30/h8,10-11,20,22-25,28-31,33H,7,9,12-19,39H2,1-6H3/t20-,22-,23+,24+,25+,28?,29?,30+,31+,33-,35-,36-/m1/s1. The summed E-state index contributed by atoms with van der Waals surface area (Å²) in [5, 5.41) is 0. The minimum atomic E-state index is -0.905. The molecule has 1 saturated heterocycles. The highest BCUT2D eigenvalue weighted by Crippen LogP contribution is 2.69. The second-order valence-corrected chi connectivity index (χ2v) is 15.8. The molecule has 5 aliphatic rings. The SMILES string of the molecule is CC(=O)OC(CCC[C@@H](C)[C@H]1CC[C@H]2[C@@H]3C(N)C[C@H]4[C@H]5OC(C)(C)O[C@H]5CC[C@]4(C)[C@H]3CC[C@]12C)c1c(F)cccc1F. The smallest absolute Gasteiger partial charge is 0.303 e. The number of rotatable bonds is 7. The van der Waals surface area contributed by atoms with Gasteiger partial charge in [-0.05, 0) is 130 Å². The number of ether oxygens (including phenoxy) is 3. The molecule has 12 atom stereocenters. The van der Waals surface area contributed by atoms with Gasteiger partial charge >= 0.3 is 5.97 Å². The average molecular weight is 602 g/mol. The average Bonchev–Trinajstić information content (AvgIpc) is 3.44. The van der Waals surface area contributed by atoms with Crippen molar-refractivity contribution in [2.45, 2.75) is 136 Å². The molecule has 240 valence electrons. The van der Waals surface area contributed by atoms with Crippen LogP contribution in [0.3, 0.4) is 0 Å². The molecule has 0 spiro atoms. The van der Waals surface area contributed by atoms with E-state index >= 15 is 0 Å². The Bertz CT molecular complexity index is 1190. The van der Waals surface area contributed by atoms with Crippen molar-refractivity contribution >= 4 is 5.97 Å². The molecule has 4 saturated carbocycles. The molecule has 0 bridgehead atoms. The first kappa shape index (κ1) is 31.4. The Morgan fingerprint density at radius 3 is 2.35 bits per heavy atom. The molecule has 1 aromatic rings. The van der Waals surface area contributed by atoms with Gasteiger partial charge in [0.25, 0.3) is 0 Å². The van der Waals surface area contributed by atoms with Gasteiger partial charge in [0.2, 0.25) is 0 Å². The summed E-state index contributed by atoms with van der Waals surface area (Å²) in [6.07, 6.45) is 9.74. The van der Waals surface area contributed by atoms with E-state index in [4.69, 9.17) is 19.9 Å². The maximum atomic E-state index is 14.6. The Morgan fingerprint density at radius 2 is 1.65 bits per heavy atom. The van der Waals surface area contributed by atoms with E-state index in [-0.39, 0.29) is 34.6 Å². The first-order valence-corrected chi connectivity index (χ1v) is 17.0. The number of hydrogen-bond donors (Lipinski definition) is 1. The lowest BCUT2D eigenvalue weighted by atomic mass is 9.43. The molecule has 1 aromatic carbocycles. The van der Waals surface area contributed by atoms with Crippen LogP contribution in [0.4, 0.5) is 8.78 Å². The van der Waals surface area contributed by atoms with Crippen molar-refractivity contribution in [1.82, 2.24) is 0 Å². The molecule has 0 amide bonds. The normalized spacial score (nSPS) is 42.7. The molecular weight excluding hydrogens is 548 g/mol. The first-order valence-electron chi connectivity index (χ1n) is 17.0. The molecular formula is C36H53F2NO4. The van der Waals surface area contributed by atoms with Crippen LogP contribution in [0.5, 0.6) is 0 Å². The minimum absolute atomic E-state index is 0.137. The highest BCUT2D eigenvalue weighted by Gasteiger charge is 2.65. The molecule has 4 aliphatic carbocycles. The molecule has 43 heavy (non-hydrogen) atoms. The van der Waals surface area contributed by atoms with E-state index in [0.29, 0.717) is 41.9 Å². The quantitative estimate of drug-likeness (QED) is 0.320. The second kappa shape index (κ2) is 11.3. The summed E-state index contributed by atoms with van der Waals surface area (Å²) in [4.78, 5) is 11.8. The van der Waals surface area contributed by atoms with Crippen LogP contribution in [0.1, 0.15) is 117 Å². The molecule has 5 nitrogen and oxygen atoms in total. The van der Waals surface area contributed by atoms with Gasteiger partial charge in [-0.25, -0.2) is 8.78 Å². The third-order valence-corrected chi connectivity index (χ3v) is 13.1. The molecule has 2 N–H and O–H groups in total. The van der Waals surface area contributed by atoms with Crippen LogP contribution >= 0.6 is 0 Å². The van der Waals surface area contributed by atoms with Crippen LogP contribution in [-0.2, 0) is 19.0 Å². The fourth-order valence-electron chi connectivity index (χ4n) is 11.4. The molecule has 5 fully saturated rings. The number of carbonyl (C=O) groups excluding carboxylic acids is 1. The van der Waals surface area contributed by atoms with Crippen molar-refractivity contribution in [3.05, 3.63) is 35.4 Å². The Balaban J connectivity index is 1.13. The molecule has 7 heteroatoms. The lowest BCUT2D eigenvalue weighted by Gasteiger charge is -2.63. The van der Waals surface area contributed by atoms with E-state index in [1.807, 2.05) is 0 Å². The predicted octanol–water partition coefficient (Wildman–Crippen LogP) is 8.10. The number of benzene rings is 1. The van der Waals surface area contributed by atoms with Crippen molar-refractivity contribution in [2.75, 3.05) is 0 Å². The maximum absolute atomic E-state index is 14.6. The van der Waals surface area contributed by atoms with Gasteiger partial charge in [-0.3, -0.25) is 4.79 Å². The van der Waals surface area contributed by atoms with E-state index in [1.54, 1.807) is 0 Å². The van der Waals surface area contributed by atoms with Gasteiger partial charge in [0.15, 0.2) is 5.79 Å². The van der Waals surface area contributed by atoms with E-state index in [1.165, 1.54) is 57.2 Å². The topological polar surface area (TPSA) is 70.8 Å². The van der Waals surface area contributed by atoms with E-state index in [2.05, 4.69) is 34.6 Å². The largest absolute Gasteiger partial charge is 0.457 e. The van der Waals surface area contributed by atoms with Crippen molar-refractivity contribution in [1.29, 1.82) is 0 Å². The Kier molecular flexibility index (Phi) is 8.29. The summed E-state index contributed by atoms with van der Waals surface area (Å²) in [5.41, 5.74) is 7.53. The molecule has 0 aromatic heterocycles. The van der Waals surface area contributed by atoms with Crippen molar-refractivity contribution in [3.8, 4) is 0 Å². The Labute approximate surface area is 257 Å². The highest BCUT2D eigenvalue weighted by atomic mass is 19.1. The van der Waals surface area contributed by atoms with Crippen LogP contribution in [-0.4, -0.2) is 30.0 Å². The summed E-state index contributed by atoms with van der Waals surface area (Å²) >= 11 is 0. The van der Waals surface area contributed by atoms with Crippen LogP contribution in [0.15, 0.2) is 18.2 Å². The molecule has 1 aliphatic heterocycles. The number of esters is 1. The maximum Gasteiger partial charge on any atom is 0.303 e. The number of halogens is 2. The van der Waals surface area contributed by atoms with Crippen LogP contribution in [0, 0.1) is 58.0 Å². The van der Waals surface area contributed by atoms with E-state index in [9.17, 15) is 13.6 Å². The molecule has 6 rings (SSSR count). The summed E-state index contributed by atoms with van der Waals surface area (Å²) in [6, 6.07) is 3.99. The van der Waals surface area contributed by atoms with Gasteiger partial charge in [0, 0.05) is 13.0 Å². The van der Waals surface area contributed by atoms with Crippen LogP contribution in [0.2, 0.25) is 0 Å². The number of carbonyl (C=O) groups is 1. The predicted molar refractivity (Wildman–Crippen MR) is 162 cm³/mol. The molecule has 2 unspecified atom stereocenters. The zero-order valence-corrected chi connectivity index (χ0v) is 27.0. The first-order chi connectivity index (χ1) is 20.2. The monoisotopic (exact) mass is 601 g/mol. The summed E-state index contributed by atoms with van der Waals surface area (Å²) in [5.74, 6) is 0.963. The van der Waals surface area contributed by atoms with Gasteiger partial charge in [-0.1, -0.05) is 33.3 Å². The lowest BCUT2D eigenvalue weighted by molar-refractivity contribution is -0.174. The number of nitrogens with two attached hydrogens (primary N) is 1. The van der Waals surface area contributed by atoms with Gasteiger partial charge < -0.3 is 19.9 Å². The summed E-state index contributed by atoms with van der Waals surface area (Å²) in [6.45, 7) is 12.8. The van der Waals surface area contributed by atoms with E-state index in [0.717, 1.165) is 25.7 Å². The Hall–Kier alpha value is -1.57. The zero-order valence-electron chi connectivity index (χ0n) is 27.0. The van der Waals surface area contributed by atoms with Gasteiger partial charge in [-0.15, -0.1) is 0 Å². The van der Waals surface area contributed by atoms with Gasteiger partial charge in [0.1, 0.15) is 17.7 Å². The molecule has 1 heterocycles. The lowest BCUT2D eigenvalue weighted by Crippen LogP contribution is -2.63. The third kappa shape index (κ3) is 5.37. The summed E-state index contributed by atoms with van der Waals surface area (Å²) < 4.78 is 47.4. The van der Waals surface area contributed by atoms with Crippen LogP contribution < -0.4 is 5.73 Å². The number of hydrogen-bond acceptors (Lipinski definition) is 5. The van der Waals surface area contributed by atoms with Crippen LogP contribution in [0.25, 0.3) is 0 Å². The zero-order chi connectivity index (χ0) is 30.9. The van der Waals surface area contributed by atoms with Gasteiger partial charge in [0.05, 0.1) is 17.8 Å². The fraction of sp³-hybridized carbons (Fsp3) is 0.806. The second-order valence-electron chi connectivity index (χ2n) is 15.8. The van der Waals surface area contributed by atoms with Crippen molar-refractivity contribution in [2.24, 2.45) is 52.1 Å². The summed E-state index contributed by atoms with van der Waals surface area (Å²) in [7, 11) is 0. The third-order valence-electron chi connectivity index (χ3n) is 13.1. The highest BCUT2D eigenvalue weighted by molar-refractivity contribution is 5.66. The van der Waals surface area contributed by atoms with E-state index < -0.39 is 29.5 Å². The fourth-order valence-corrected chi connectivity index (χ4v) is 11.4. The van der Waals surface area contributed by atoms with Crippen molar-refractivity contribution < 1.29 is 27.8 Å².